The van der Waals surface area contributed by atoms with Crippen molar-refractivity contribution in [3.63, 3.8) is 0 Å². The van der Waals surface area contributed by atoms with Crippen molar-refractivity contribution in [1.29, 1.82) is 0 Å². The highest BCUT2D eigenvalue weighted by Gasteiger charge is 2.24. The summed E-state index contributed by atoms with van der Waals surface area (Å²) in [6.45, 7) is 9.15. The minimum Gasteiger partial charge on any atom is -0.376 e. The zero-order chi connectivity index (χ0) is 22.2. The molecule has 178 valence electrons. The second kappa shape index (κ2) is 11.9. The number of ether oxygens (including phenoxy) is 2. The number of piperidine rings is 2. The Bertz CT molecular complexity index is 701. The number of hydrogen-bond donors (Lipinski definition) is 1. The molecule has 0 spiro atoms. The standard InChI is InChI=1S/C26H42N4O2/c1-21-10-14-29(15-11-21)23-8-6-22(7-9-23)19-28-26(27-2)30-16-12-24(13-17-30)32-20-25-5-3-4-18-31-25/h6-9,21,24-25H,3-5,10-20H2,1-2H3,(H,27,28). The third-order valence-corrected chi connectivity index (χ3v) is 7.28. The van der Waals surface area contributed by atoms with E-state index in [1.165, 1.54) is 50.0 Å². The van der Waals surface area contributed by atoms with Crippen LogP contribution in [0.5, 0.6) is 0 Å². The van der Waals surface area contributed by atoms with E-state index in [0.717, 1.165) is 64.0 Å². The molecule has 1 N–H and O–H groups in total. The monoisotopic (exact) mass is 442 g/mol. The lowest BCUT2D eigenvalue weighted by Crippen LogP contribution is -2.47. The highest BCUT2D eigenvalue weighted by atomic mass is 16.5. The first-order valence-corrected chi connectivity index (χ1v) is 12.7. The Labute approximate surface area is 194 Å². The number of nitrogens with zero attached hydrogens (tertiary/aromatic N) is 3. The van der Waals surface area contributed by atoms with E-state index in [9.17, 15) is 0 Å². The Morgan fingerprint density at radius 3 is 2.44 bits per heavy atom. The van der Waals surface area contributed by atoms with E-state index >= 15 is 0 Å². The first-order valence-electron chi connectivity index (χ1n) is 12.7. The maximum absolute atomic E-state index is 6.16. The van der Waals surface area contributed by atoms with Crippen LogP contribution in [-0.4, -0.2) is 69.5 Å². The lowest BCUT2D eigenvalue weighted by molar-refractivity contribution is -0.0721. The van der Waals surface area contributed by atoms with Gasteiger partial charge in [-0.05, 0) is 68.6 Å². The zero-order valence-electron chi connectivity index (χ0n) is 20.1. The van der Waals surface area contributed by atoms with Gasteiger partial charge in [0.2, 0.25) is 0 Å². The van der Waals surface area contributed by atoms with E-state index in [1.54, 1.807) is 0 Å². The number of rotatable bonds is 6. The normalized spacial score (nSPS) is 24.1. The van der Waals surface area contributed by atoms with Gasteiger partial charge < -0.3 is 24.6 Å². The lowest BCUT2D eigenvalue weighted by atomic mass is 9.99. The number of anilines is 1. The Morgan fingerprint density at radius 2 is 1.78 bits per heavy atom. The molecular weight excluding hydrogens is 400 g/mol. The van der Waals surface area contributed by atoms with E-state index in [1.807, 2.05) is 7.05 Å². The summed E-state index contributed by atoms with van der Waals surface area (Å²) in [6.07, 6.45) is 8.98. The maximum Gasteiger partial charge on any atom is 0.193 e. The third-order valence-electron chi connectivity index (χ3n) is 7.28. The van der Waals surface area contributed by atoms with Gasteiger partial charge in [-0.2, -0.15) is 0 Å². The average Bonchev–Trinajstić information content (AvgIpc) is 2.85. The highest BCUT2D eigenvalue weighted by molar-refractivity contribution is 5.80. The summed E-state index contributed by atoms with van der Waals surface area (Å²) in [5.74, 6) is 1.86. The molecule has 0 bridgehead atoms. The second-order valence-electron chi connectivity index (χ2n) is 9.75. The van der Waals surface area contributed by atoms with Crippen LogP contribution in [-0.2, 0) is 16.0 Å². The Morgan fingerprint density at radius 1 is 1.03 bits per heavy atom. The van der Waals surface area contributed by atoms with Crippen LogP contribution < -0.4 is 10.2 Å². The number of likely N-dealkylation sites (tertiary alicyclic amines) is 1. The van der Waals surface area contributed by atoms with Crippen LogP contribution in [0.25, 0.3) is 0 Å². The summed E-state index contributed by atoms with van der Waals surface area (Å²) in [4.78, 5) is 9.41. The predicted octanol–water partition coefficient (Wildman–Crippen LogP) is 4.05. The smallest absolute Gasteiger partial charge is 0.193 e. The molecule has 3 aliphatic rings. The molecule has 6 nitrogen and oxygen atoms in total. The van der Waals surface area contributed by atoms with Crippen LogP contribution in [0, 0.1) is 5.92 Å². The minimum atomic E-state index is 0.307. The molecule has 32 heavy (non-hydrogen) atoms. The average molecular weight is 443 g/mol. The van der Waals surface area contributed by atoms with Crippen LogP contribution >= 0.6 is 0 Å². The molecule has 0 aliphatic carbocycles. The molecule has 0 saturated carbocycles. The van der Waals surface area contributed by atoms with Gasteiger partial charge in [-0.3, -0.25) is 4.99 Å². The molecule has 3 fully saturated rings. The van der Waals surface area contributed by atoms with Crippen molar-refractivity contribution in [1.82, 2.24) is 10.2 Å². The van der Waals surface area contributed by atoms with Gasteiger partial charge in [0.05, 0.1) is 18.8 Å². The van der Waals surface area contributed by atoms with Crippen molar-refractivity contribution in [2.24, 2.45) is 10.9 Å². The quantitative estimate of drug-likeness (QED) is 0.532. The fourth-order valence-electron chi connectivity index (χ4n) is 5.02. The van der Waals surface area contributed by atoms with Crippen LogP contribution in [0.1, 0.15) is 57.4 Å². The van der Waals surface area contributed by atoms with Crippen molar-refractivity contribution in [3.8, 4) is 0 Å². The Hall–Kier alpha value is -1.79. The fraction of sp³-hybridized carbons (Fsp3) is 0.731. The van der Waals surface area contributed by atoms with Crippen molar-refractivity contribution in [2.75, 3.05) is 51.3 Å². The molecule has 0 amide bonds. The van der Waals surface area contributed by atoms with E-state index in [4.69, 9.17) is 9.47 Å². The second-order valence-corrected chi connectivity index (χ2v) is 9.75. The summed E-state index contributed by atoms with van der Waals surface area (Å²) < 4.78 is 12.0. The summed E-state index contributed by atoms with van der Waals surface area (Å²) in [5.41, 5.74) is 2.65. The van der Waals surface area contributed by atoms with Gasteiger partial charge in [0, 0.05) is 52.1 Å². The number of hydrogen-bond acceptors (Lipinski definition) is 4. The van der Waals surface area contributed by atoms with Crippen molar-refractivity contribution in [2.45, 2.75) is 70.6 Å². The van der Waals surface area contributed by atoms with Gasteiger partial charge in [-0.1, -0.05) is 19.1 Å². The SMILES string of the molecule is CN=C(NCc1ccc(N2CCC(C)CC2)cc1)N1CCC(OCC2CCCCO2)CC1. The van der Waals surface area contributed by atoms with E-state index in [2.05, 4.69) is 51.3 Å². The lowest BCUT2D eigenvalue weighted by Gasteiger charge is -2.35. The van der Waals surface area contributed by atoms with Gasteiger partial charge in [0.25, 0.3) is 0 Å². The molecular formula is C26H42N4O2. The summed E-state index contributed by atoms with van der Waals surface area (Å²) >= 11 is 0. The van der Waals surface area contributed by atoms with Gasteiger partial charge in [0.1, 0.15) is 0 Å². The third kappa shape index (κ3) is 6.61. The first kappa shape index (κ1) is 23.4. The topological polar surface area (TPSA) is 49.3 Å². The Kier molecular flexibility index (Phi) is 8.69. The number of benzene rings is 1. The van der Waals surface area contributed by atoms with Gasteiger partial charge in [-0.15, -0.1) is 0 Å². The van der Waals surface area contributed by atoms with Gasteiger partial charge in [0.15, 0.2) is 5.96 Å². The summed E-state index contributed by atoms with van der Waals surface area (Å²) in [6, 6.07) is 9.05. The van der Waals surface area contributed by atoms with E-state index in [0.29, 0.717) is 12.2 Å². The van der Waals surface area contributed by atoms with Crippen LogP contribution in [0.3, 0.4) is 0 Å². The molecule has 3 saturated heterocycles. The largest absolute Gasteiger partial charge is 0.376 e. The summed E-state index contributed by atoms with van der Waals surface area (Å²) in [5, 5.41) is 3.56. The zero-order valence-corrected chi connectivity index (χ0v) is 20.1. The minimum absolute atomic E-state index is 0.307. The number of aliphatic imine (C=N–C) groups is 1. The molecule has 0 aromatic heterocycles. The molecule has 1 atom stereocenters. The molecule has 4 rings (SSSR count). The van der Waals surface area contributed by atoms with Crippen LogP contribution in [0.2, 0.25) is 0 Å². The van der Waals surface area contributed by atoms with Gasteiger partial charge >= 0.3 is 0 Å². The highest BCUT2D eigenvalue weighted by Crippen LogP contribution is 2.23. The first-order chi connectivity index (χ1) is 15.7. The van der Waals surface area contributed by atoms with Gasteiger partial charge in [-0.25, -0.2) is 0 Å². The molecule has 1 aromatic rings. The molecule has 1 aromatic carbocycles. The predicted molar refractivity (Wildman–Crippen MR) is 131 cm³/mol. The molecule has 3 aliphatic heterocycles. The van der Waals surface area contributed by atoms with Crippen molar-refractivity contribution in [3.05, 3.63) is 29.8 Å². The van der Waals surface area contributed by atoms with Crippen molar-refractivity contribution >= 4 is 11.6 Å². The number of guanidine groups is 1. The molecule has 3 heterocycles. The molecule has 0 radical (unpaired) electrons. The fourth-order valence-corrected chi connectivity index (χ4v) is 5.02. The van der Waals surface area contributed by atoms with Crippen LogP contribution in [0.4, 0.5) is 5.69 Å². The maximum atomic E-state index is 6.16. The number of nitrogens with one attached hydrogen (secondary N) is 1. The molecule has 1 unspecified atom stereocenters. The Balaban J connectivity index is 1.18. The van der Waals surface area contributed by atoms with Crippen molar-refractivity contribution < 1.29 is 9.47 Å². The summed E-state index contributed by atoms with van der Waals surface area (Å²) in [7, 11) is 1.88. The molecule has 6 heteroatoms. The van der Waals surface area contributed by atoms with E-state index in [-0.39, 0.29) is 0 Å². The van der Waals surface area contributed by atoms with E-state index < -0.39 is 0 Å². The van der Waals surface area contributed by atoms with Crippen LogP contribution in [0.15, 0.2) is 29.3 Å².